The van der Waals surface area contributed by atoms with Gasteiger partial charge in [-0.3, -0.25) is 0 Å². The Morgan fingerprint density at radius 3 is 3.00 bits per heavy atom. The van der Waals surface area contributed by atoms with Crippen molar-refractivity contribution in [3.8, 4) is 5.75 Å². The van der Waals surface area contributed by atoms with E-state index in [1.54, 1.807) is 0 Å². The molecular weight excluding hydrogens is 220 g/mol. The lowest BCUT2D eigenvalue weighted by atomic mass is 10.0. The highest BCUT2D eigenvalue weighted by Crippen LogP contribution is 2.34. The normalized spacial score (nSPS) is 27.5. The molecule has 2 rings (SSSR count). The monoisotopic (exact) mass is 228 g/mol. The summed E-state index contributed by atoms with van der Waals surface area (Å²) in [6.07, 6.45) is -0.449. The highest BCUT2D eigenvalue weighted by molar-refractivity contribution is 9.09. The Balaban J connectivity index is 2.42. The SMILES string of the molecule is O[C@H]1c2ccccc2OC[C@H]1Br. The molecule has 1 aromatic rings. The van der Waals surface area contributed by atoms with Crippen LogP contribution in [0.4, 0.5) is 0 Å². The molecule has 1 aromatic carbocycles. The smallest absolute Gasteiger partial charge is 0.125 e. The molecule has 2 atom stereocenters. The van der Waals surface area contributed by atoms with E-state index in [1.165, 1.54) is 0 Å². The number of halogens is 1. The summed E-state index contributed by atoms with van der Waals surface area (Å²) >= 11 is 3.35. The minimum atomic E-state index is -0.449. The van der Waals surface area contributed by atoms with Gasteiger partial charge in [0.1, 0.15) is 12.4 Å². The third-order valence-corrected chi connectivity index (χ3v) is 2.74. The molecule has 0 spiro atoms. The molecule has 0 unspecified atom stereocenters. The molecule has 1 N–H and O–H groups in total. The molecule has 0 aliphatic carbocycles. The van der Waals surface area contributed by atoms with Crippen molar-refractivity contribution in [1.29, 1.82) is 0 Å². The van der Waals surface area contributed by atoms with Gasteiger partial charge in [-0.1, -0.05) is 34.1 Å². The molecule has 1 aliphatic heterocycles. The molecule has 0 aromatic heterocycles. The summed E-state index contributed by atoms with van der Waals surface area (Å²) in [6.45, 7) is 0.526. The lowest BCUT2D eigenvalue weighted by Gasteiger charge is -2.26. The zero-order chi connectivity index (χ0) is 8.55. The predicted molar refractivity (Wildman–Crippen MR) is 49.6 cm³/mol. The van der Waals surface area contributed by atoms with Gasteiger partial charge in [0.25, 0.3) is 0 Å². The number of aliphatic hydroxyl groups excluding tert-OH is 1. The summed E-state index contributed by atoms with van der Waals surface area (Å²) in [5.74, 6) is 0.792. The summed E-state index contributed by atoms with van der Waals surface area (Å²) in [7, 11) is 0. The predicted octanol–water partition coefficient (Wildman–Crippen LogP) is 1.88. The molecule has 1 heterocycles. The van der Waals surface area contributed by atoms with Crippen LogP contribution < -0.4 is 4.74 Å². The van der Waals surface area contributed by atoms with Gasteiger partial charge in [-0.15, -0.1) is 0 Å². The van der Waals surface area contributed by atoms with Gasteiger partial charge >= 0.3 is 0 Å². The highest BCUT2D eigenvalue weighted by Gasteiger charge is 2.26. The molecule has 1 aliphatic rings. The van der Waals surface area contributed by atoms with Gasteiger partial charge < -0.3 is 9.84 Å². The van der Waals surface area contributed by atoms with E-state index in [-0.39, 0.29) is 4.83 Å². The number of fused-ring (bicyclic) bond motifs is 1. The fraction of sp³-hybridized carbons (Fsp3) is 0.333. The van der Waals surface area contributed by atoms with E-state index in [2.05, 4.69) is 15.9 Å². The number of para-hydroxylation sites is 1. The first-order chi connectivity index (χ1) is 5.79. The van der Waals surface area contributed by atoms with Crippen molar-refractivity contribution in [2.45, 2.75) is 10.9 Å². The van der Waals surface area contributed by atoms with E-state index in [1.807, 2.05) is 24.3 Å². The van der Waals surface area contributed by atoms with Crippen LogP contribution in [0.15, 0.2) is 24.3 Å². The van der Waals surface area contributed by atoms with E-state index in [4.69, 9.17) is 4.74 Å². The van der Waals surface area contributed by atoms with Crippen molar-refractivity contribution in [2.75, 3.05) is 6.61 Å². The maximum Gasteiger partial charge on any atom is 0.125 e. The maximum absolute atomic E-state index is 9.70. The van der Waals surface area contributed by atoms with Gasteiger partial charge in [-0.25, -0.2) is 0 Å². The van der Waals surface area contributed by atoms with Gasteiger partial charge in [0.05, 0.1) is 10.9 Å². The Hall–Kier alpha value is -0.540. The van der Waals surface area contributed by atoms with Crippen LogP contribution in [0.1, 0.15) is 11.7 Å². The fourth-order valence-corrected chi connectivity index (χ4v) is 1.73. The van der Waals surface area contributed by atoms with Crippen molar-refractivity contribution in [3.05, 3.63) is 29.8 Å². The number of benzene rings is 1. The fourth-order valence-electron chi connectivity index (χ4n) is 1.31. The average molecular weight is 229 g/mol. The van der Waals surface area contributed by atoms with E-state index in [9.17, 15) is 5.11 Å². The number of hydrogen-bond acceptors (Lipinski definition) is 2. The van der Waals surface area contributed by atoms with Gasteiger partial charge in [0, 0.05) is 5.56 Å². The largest absolute Gasteiger partial charge is 0.492 e. The minimum Gasteiger partial charge on any atom is -0.492 e. The van der Waals surface area contributed by atoms with Crippen molar-refractivity contribution in [3.63, 3.8) is 0 Å². The molecule has 0 bridgehead atoms. The molecular formula is C9H9BrO2. The second-order valence-corrected chi connectivity index (χ2v) is 3.99. The first-order valence-electron chi connectivity index (χ1n) is 3.83. The van der Waals surface area contributed by atoms with Crippen LogP contribution >= 0.6 is 15.9 Å². The van der Waals surface area contributed by atoms with Crippen LogP contribution in [-0.4, -0.2) is 16.5 Å². The molecule has 3 heteroatoms. The summed E-state index contributed by atoms with van der Waals surface area (Å²) in [5.41, 5.74) is 0.866. The Kier molecular flexibility index (Phi) is 2.07. The summed E-state index contributed by atoms with van der Waals surface area (Å²) < 4.78 is 5.40. The van der Waals surface area contributed by atoms with Crippen molar-refractivity contribution >= 4 is 15.9 Å². The number of hydrogen-bond donors (Lipinski definition) is 1. The number of alkyl halides is 1. The topological polar surface area (TPSA) is 29.5 Å². The van der Waals surface area contributed by atoms with Gasteiger partial charge in [0.2, 0.25) is 0 Å². The summed E-state index contributed by atoms with van der Waals surface area (Å²) in [4.78, 5) is 0.00685. The number of aliphatic hydroxyl groups is 1. The minimum absolute atomic E-state index is 0.00685. The highest BCUT2D eigenvalue weighted by atomic mass is 79.9. The van der Waals surface area contributed by atoms with Crippen LogP contribution in [0.2, 0.25) is 0 Å². The zero-order valence-corrected chi connectivity index (χ0v) is 7.99. The third-order valence-electron chi connectivity index (χ3n) is 1.98. The molecule has 0 radical (unpaired) electrons. The van der Waals surface area contributed by atoms with Gasteiger partial charge in [0.15, 0.2) is 0 Å². The van der Waals surface area contributed by atoms with Crippen molar-refractivity contribution < 1.29 is 9.84 Å². The van der Waals surface area contributed by atoms with E-state index < -0.39 is 6.10 Å². The summed E-state index contributed by atoms with van der Waals surface area (Å²) in [6, 6.07) is 7.56. The second kappa shape index (κ2) is 3.07. The van der Waals surface area contributed by atoms with E-state index >= 15 is 0 Å². The van der Waals surface area contributed by atoms with Crippen LogP contribution in [0.5, 0.6) is 5.75 Å². The lowest BCUT2D eigenvalue weighted by Crippen LogP contribution is -2.25. The molecule has 0 amide bonds. The molecule has 0 fully saturated rings. The van der Waals surface area contributed by atoms with Gasteiger partial charge in [-0.2, -0.15) is 0 Å². The van der Waals surface area contributed by atoms with Crippen molar-refractivity contribution in [2.24, 2.45) is 0 Å². The molecule has 2 nitrogen and oxygen atoms in total. The molecule has 0 saturated heterocycles. The molecule has 12 heavy (non-hydrogen) atoms. The number of ether oxygens (including phenoxy) is 1. The van der Waals surface area contributed by atoms with Crippen LogP contribution in [0, 0.1) is 0 Å². The second-order valence-electron chi connectivity index (χ2n) is 2.81. The Morgan fingerprint density at radius 2 is 2.17 bits per heavy atom. The van der Waals surface area contributed by atoms with Crippen molar-refractivity contribution in [1.82, 2.24) is 0 Å². The molecule has 0 saturated carbocycles. The molecule has 64 valence electrons. The third kappa shape index (κ3) is 1.23. The van der Waals surface area contributed by atoms with Crippen LogP contribution in [-0.2, 0) is 0 Å². The summed E-state index contributed by atoms with van der Waals surface area (Å²) in [5, 5.41) is 9.70. The Morgan fingerprint density at radius 1 is 1.42 bits per heavy atom. The Labute approximate surface area is 79.3 Å². The lowest BCUT2D eigenvalue weighted by molar-refractivity contribution is 0.125. The van der Waals surface area contributed by atoms with Gasteiger partial charge in [-0.05, 0) is 6.07 Å². The standard InChI is InChI=1S/C9H9BrO2/c10-7-5-12-8-4-2-1-3-6(8)9(7)11/h1-4,7,9,11H,5H2/t7-,9+/m1/s1. The average Bonchev–Trinajstić information content (AvgIpc) is 2.12. The maximum atomic E-state index is 9.70. The van der Waals surface area contributed by atoms with Crippen LogP contribution in [0.3, 0.4) is 0 Å². The Bertz CT molecular complexity index is 288. The first-order valence-corrected chi connectivity index (χ1v) is 4.74. The van der Waals surface area contributed by atoms with E-state index in [0.29, 0.717) is 6.61 Å². The number of rotatable bonds is 0. The zero-order valence-electron chi connectivity index (χ0n) is 6.40. The quantitative estimate of drug-likeness (QED) is 0.688. The van der Waals surface area contributed by atoms with E-state index in [0.717, 1.165) is 11.3 Å². The first kappa shape index (κ1) is 8.08. The van der Waals surface area contributed by atoms with Crippen LogP contribution in [0.25, 0.3) is 0 Å².